The molecular formula is C21H21N5S. The first kappa shape index (κ1) is 16.6. The first-order chi connectivity index (χ1) is 13.3. The van der Waals surface area contributed by atoms with Crippen molar-refractivity contribution in [2.24, 2.45) is 0 Å². The van der Waals surface area contributed by atoms with E-state index in [9.17, 15) is 0 Å². The Bertz CT molecular complexity index is 1030. The minimum Gasteiger partial charge on any atom is -0.297 e. The number of hydrogen-bond donors (Lipinski definition) is 0. The molecule has 0 unspecified atom stereocenters. The van der Waals surface area contributed by atoms with E-state index in [1.54, 1.807) is 11.3 Å². The molecule has 0 N–H and O–H groups in total. The normalized spacial score (nSPS) is 18.1. The van der Waals surface area contributed by atoms with Crippen LogP contribution in [0.3, 0.4) is 0 Å². The van der Waals surface area contributed by atoms with Gasteiger partial charge in [-0.25, -0.2) is 9.50 Å². The lowest BCUT2D eigenvalue weighted by molar-refractivity contribution is 0.194. The molecule has 27 heavy (non-hydrogen) atoms. The zero-order chi connectivity index (χ0) is 18.1. The van der Waals surface area contributed by atoms with E-state index in [0.717, 1.165) is 43.2 Å². The topological polar surface area (TPSA) is 46.3 Å². The van der Waals surface area contributed by atoms with Crippen molar-refractivity contribution in [3.63, 3.8) is 0 Å². The zero-order valence-electron chi connectivity index (χ0n) is 15.0. The number of hydrogen-bond acceptors (Lipinski definition) is 5. The van der Waals surface area contributed by atoms with Gasteiger partial charge in [0.15, 0.2) is 11.5 Å². The maximum absolute atomic E-state index is 4.82. The summed E-state index contributed by atoms with van der Waals surface area (Å²) in [5.41, 5.74) is 3.24. The highest BCUT2D eigenvalue weighted by atomic mass is 32.1. The Morgan fingerprint density at radius 3 is 2.96 bits per heavy atom. The Kier molecular flexibility index (Phi) is 4.43. The van der Waals surface area contributed by atoms with Crippen LogP contribution in [-0.4, -0.2) is 37.6 Å². The van der Waals surface area contributed by atoms with Gasteiger partial charge in [0, 0.05) is 41.8 Å². The fourth-order valence-electron chi connectivity index (χ4n) is 3.79. The van der Waals surface area contributed by atoms with Crippen molar-refractivity contribution in [3.05, 3.63) is 71.8 Å². The minimum atomic E-state index is 0.382. The van der Waals surface area contributed by atoms with Gasteiger partial charge in [0.2, 0.25) is 0 Å². The van der Waals surface area contributed by atoms with Crippen molar-refractivity contribution < 1.29 is 0 Å². The molecule has 0 saturated carbocycles. The van der Waals surface area contributed by atoms with Crippen LogP contribution < -0.4 is 0 Å². The third kappa shape index (κ3) is 3.50. The van der Waals surface area contributed by atoms with Crippen molar-refractivity contribution >= 4 is 17.0 Å². The largest absolute Gasteiger partial charge is 0.297 e. The summed E-state index contributed by atoms with van der Waals surface area (Å²) in [7, 11) is 0. The van der Waals surface area contributed by atoms with Crippen LogP contribution in [0.4, 0.5) is 0 Å². The average Bonchev–Trinajstić information content (AvgIpc) is 3.38. The van der Waals surface area contributed by atoms with Crippen LogP contribution in [-0.2, 0) is 6.54 Å². The monoisotopic (exact) mass is 375 g/mol. The van der Waals surface area contributed by atoms with Gasteiger partial charge in [0.1, 0.15) is 0 Å². The van der Waals surface area contributed by atoms with E-state index in [2.05, 4.69) is 57.9 Å². The summed E-state index contributed by atoms with van der Waals surface area (Å²) >= 11 is 1.75. The van der Waals surface area contributed by atoms with Gasteiger partial charge >= 0.3 is 0 Å². The average molecular weight is 376 g/mol. The van der Waals surface area contributed by atoms with Crippen LogP contribution in [0, 0.1) is 0 Å². The standard InChI is InChI=1S/C21H21N5S/c1-2-10-22-18(6-1)15-25-11-3-5-17(13-25)21-23-20-9-8-16(14-26(20)24-21)19-7-4-12-27-19/h1-2,4,6-10,12,14,17H,3,5,11,13,15H2/t17-/m1/s1. The number of pyridine rings is 2. The molecule has 1 saturated heterocycles. The molecule has 0 spiro atoms. The van der Waals surface area contributed by atoms with Crippen LogP contribution in [0.15, 0.2) is 60.2 Å². The highest BCUT2D eigenvalue weighted by molar-refractivity contribution is 7.13. The van der Waals surface area contributed by atoms with E-state index in [4.69, 9.17) is 10.1 Å². The second kappa shape index (κ2) is 7.21. The van der Waals surface area contributed by atoms with Crippen molar-refractivity contribution in [2.75, 3.05) is 13.1 Å². The summed E-state index contributed by atoms with van der Waals surface area (Å²) in [5.74, 6) is 1.34. The second-order valence-corrected chi connectivity index (χ2v) is 8.01. The molecular weight excluding hydrogens is 354 g/mol. The predicted octanol–water partition coefficient (Wildman–Crippen LogP) is 4.23. The Balaban J connectivity index is 1.36. The first-order valence-corrected chi connectivity index (χ1v) is 10.3. The Morgan fingerprint density at radius 2 is 2.11 bits per heavy atom. The number of rotatable bonds is 4. The molecule has 0 aromatic carbocycles. The van der Waals surface area contributed by atoms with Crippen LogP contribution in [0.2, 0.25) is 0 Å². The van der Waals surface area contributed by atoms with Gasteiger partial charge in [-0.3, -0.25) is 9.88 Å². The van der Waals surface area contributed by atoms with Crippen LogP contribution >= 0.6 is 11.3 Å². The van der Waals surface area contributed by atoms with Crippen molar-refractivity contribution in [1.29, 1.82) is 0 Å². The molecule has 0 radical (unpaired) electrons. The van der Waals surface area contributed by atoms with Crippen LogP contribution in [0.1, 0.15) is 30.3 Å². The molecule has 6 heteroatoms. The van der Waals surface area contributed by atoms with Gasteiger partial charge in [0.25, 0.3) is 0 Å². The van der Waals surface area contributed by atoms with Gasteiger partial charge in [-0.1, -0.05) is 12.1 Å². The molecule has 1 aliphatic heterocycles. The van der Waals surface area contributed by atoms with E-state index in [1.807, 2.05) is 16.8 Å². The van der Waals surface area contributed by atoms with Crippen LogP contribution in [0.25, 0.3) is 16.1 Å². The predicted molar refractivity (Wildman–Crippen MR) is 108 cm³/mol. The molecule has 1 aliphatic rings. The number of likely N-dealkylation sites (tertiary alicyclic amines) is 1. The lowest BCUT2D eigenvalue weighted by Crippen LogP contribution is -2.34. The third-order valence-corrected chi connectivity index (χ3v) is 6.05. The molecule has 5 rings (SSSR count). The molecule has 0 amide bonds. The third-order valence-electron chi connectivity index (χ3n) is 5.14. The summed E-state index contributed by atoms with van der Waals surface area (Å²) in [4.78, 5) is 13.0. The fraction of sp³-hybridized carbons (Fsp3) is 0.286. The van der Waals surface area contributed by atoms with E-state index in [0.29, 0.717) is 5.92 Å². The number of fused-ring (bicyclic) bond motifs is 1. The van der Waals surface area contributed by atoms with Gasteiger partial charge in [-0.05, 0) is 55.1 Å². The van der Waals surface area contributed by atoms with Crippen molar-refractivity contribution in [2.45, 2.75) is 25.3 Å². The van der Waals surface area contributed by atoms with Crippen molar-refractivity contribution in [3.8, 4) is 10.4 Å². The van der Waals surface area contributed by atoms with E-state index < -0.39 is 0 Å². The van der Waals surface area contributed by atoms with E-state index in [-0.39, 0.29) is 0 Å². The second-order valence-electron chi connectivity index (χ2n) is 7.06. The SMILES string of the molecule is c1ccc(CN2CCC[C@@H](c3nc4ccc(-c5cccs5)cn4n3)C2)nc1. The number of thiophene rings is 1. The Hall–Kier alpha value is -2.57. The molecule has 5 heterocycles. The van der Waals surface area contributed by atoms with Crippen LogP contribution in [0.5, 0.6) is 0 Å². The van der Waals surface area contributed by atoms with Gasteiger partial charge in [-0.2, -0.15) is 5.10 Å². The van der Waals surface area contributed by atoms with E-state index >= 15 is 0 Å². The van der Waals surface area contributed by atoms with E-state index in [1.165, 1.54) is 16.9 Å². The minimum absolute atomic E-state index is 0.382. The molecule has 0 aliphatic carbocycles. The molecule has 4 aromatic rings. The Labute approximate surface area is 162 Å². The highest BCUT2D eigenvalue weighted by Gasteiger charge is 2.25. The molecule has 5 nitrogen and oxygen atoms in total. The van der Waals surface area contributed by atoms with Gasteiger partial charge in [-0.15, -0.1) is 11.3 Å². The van der Waals surface area contributed by atoms with Crippen molar-refractivity contribution in [1.82, 2.24) is 24.5 Å². The molecule has 4 aromatic heterocycles. The molecule has 136 valence electrons. The summed E-state index contributed by atoms with van der Waals surface area (Å²) in [6, 6.07) is 14.5. The first-order valence-electron chi connectivity index (χ1n) is 9.38. The highest BCUT2D eigenvalue weighted by Crippen LogP contribution is 2.28. The number of nitrogens with zero attached hydrogens (tertiary/aromatic N) is 5. The number of piperidine rings is 1. The summed E-state index contributed by atoms with van der Waals surface area (Å²) < 4.78 is 1.93. The smallest absolute Gasteiger partial charge is 0.156 e. The quantitative estimate of drug-likeness (QED) is 0.535. The maximum Gasteiger partial charge on any atom is 0.156 e. The molecule has 1 atom stereocenters. The fourth-order valence-corrected chi connectivity index (χ4v) is 4.51. The summed E-state index contributed by atoms with van der Waals surface area (Å²) in [6.45, 7) is 3.00. The summed E-state index contributed by atoms with van der Waals surface area (Å²) in [6.07, 6.45) is 6.28. The number of aromatic nitrogens is 4. The molecule has 1 fully saturated rings. The Morgan fingerprint density at radius 1 is 1.11 bits per heavy atom. The van der Waals surface area contributed by atoms with Gasteiger partial charge < -0.3 is 0 Å². The summed E-state index contributed by atoms with van der Waals surface area (Å²) in [5, 5.41) is 6.92. The maximum atomic E-state index is 4.82. The van der Waals surface area contributed by atoms with Gasteiger partial charge in [0.05, 0.1) is 5.69 Å². The lowest BCUT2D eigenvalue weighted by Gasteiger charge is -2.31. The lowest BCUT2D eigenvalue weighted by atomic mass is 9.97. The molecule has 0 bridgehead atoms. The zero-order valence-corrected chi connectivity index (χ0v) is 15.8.